The number of pyridine rings is 1. The molecule has 0 aromatic carbocycles. The zero-order chi connectivity index (χ0) is 12.1. The third kappa shape index (κ3) is 4.01. The Labute approximate surface area is 111 Å². The Balaban J connectivity index is 2.72. The predicted octanol–water partition coefficient (Wildman–Crippen LogP) is 3.08. The zero-order valence-electron chi connectivity index (χ0n) is 9.55. The van der Waals surface area contributed by atoms with Gasteiger partial charge in [0.2, 0.25) is 0 Å². The molecule has 6 heteroatoms. The summed E-state index contributed by atoms with van der Waals surface area (Å²) in [4.78, 5) is 6.48. The fraction of sp³-hybridized carbons (Fsp3) is 0.500. The van der Waals surface area contributed by atoms with Crippen molar-refractivity contribution >= 4 is 40.8 Å². The van der Waals surface area contributed by atoms with Crippen LogP contribution in [0.15, 0.2) is 11.1 Å². The summed E-state index contributed by atoms with van der Waals surface area (Å²) >= 11 is 13.7. The Bertz CT molecular complexity index is 358. The molecule has 0 amide bonds. The fourth-order valence-electron chi connectivity index (χ4n) is 1.05. The largest absolute Gasteiger partial charge is 0.372 e. The van der Waals surface area contributed by atoms with Crippen molar-refractivity contribution in [2.75, 3.05) is 38.8 Å². The molecule has 16 heavy (non-hydrogen) atoms. The molecule has 0 unspecified atom stereocenters. The maximum Gasteiger partial charge on any atom is 0.145 e. The fourth-order valence-corrected chi connectivity index (χ4v) is 2.67. The molecule has 0 saturated carbocycles. The first-order valence-corrected chi connectivity index (χ1v) is 6.60. The number of anilines is 1. The molecule has 90 valence electrons. The number of hydrogen-bond donors (Lipinski definition) is 1. The lowest BCUT2D eigenvalue weighted by atomic mass is 10.4. The van der Waals surface area contributed by atoms with Gasteiger partial charge in [-0.1, -0.05) is 23.2 Å². The standard InChI is InChI=1S/C10H15Cl2N3S/c1-13-9-7(11)6-8(12)10(14-9)16-5-4-15(2)3/h6H,4-5H2,1-3H3,(H,13,14). The molecule has 0 radical (unpaired) electrons. The van der Waals surface area contributed by atoms with Crippen LogP contribution in [0.5, 0.6) is 0 Å². The Morgan fingerprint density at radius 3 is 2.62 bits per heavy atom. The van der Waals surface area contributed by atoms with E-state index < -0.39 is 0 Å². The molecule has 0 aliphatic rings. The first-order chi connectivity index (χ1) is 7.54. The SMILES string of the molecule is CNc1nc(SCCN(C)C)c(Cl)cc1Cl. The van der Waals surface area contributed by atoms with Crippen LogP contribution in [0.3, 0.4) is 0 Å². The number of aromatic nitrogens is 1. The van der Waals surface area contributed by atoms with Gasteiger partial charge in [0.15, 0.2) is 0 Å². The molecule has 1 aromatic rings. The number of nitrogens with zero attached hydrogens (tertiary/aromatic N) is 2. The van der Waals surface area contributed by atoms with Gasteiger partial charge in [-0.3, -0.25) is 0 Å². The molecule has 0 bridgehead atoms. The highest BCUT2D eigenvalue weighted by Crippen LogP contribution is 2.31. The van der Waals surface area contributed by atoms with Crippen molar-refractivity contribution in [3.63, 3.8) is 0 Å². The number of thioether (sulfide) groups is 1. The van der Waals surface area contributed by atoms with Crippen LogP contribution in [0.1, 0.15) is 0 Å². The van der Waals surface area contributed by atoms with Gasteiger partial charge in [-0.15, -0.1) is 11.8 Å². The van der Waals surface area contributed by atoms with E-state index in [9.17, 15) is 0 Å². The lowest BCUT2D eigenvalue weighted by molar-refractivity contribution is 0.437. The number of nitrogens with one attached hydrogen (secondary N) is 1. The molecule has 0 atom stereocenters. The summed E-state index contributed by atoms with van der Waals surface area (Å²) in [7, 11) is 5.86. The summed E-state index contributed by atoms with van der Waals surface area (Å²) < 4.78 is 0. The van der Waals surface area contributed by atoms with Crippen LogP contribution in [0, 0.1) is 0 Å². The van der Waals surface area contributed by atoms with Gasteiger partial charge in [-0.2, -0.15) is 0 Å². The molecule has 3 nitrogen and oxygen atoms in total. The highest BCUT2D eigenvalue weighted by Gasteiger charge is 2.08. The van der Waals surface area contributed by atoms with E-state index in [2.05, 4.69) is 15.2 Å². The number of hydrogen-bond acceptors (Lipinski definition) is 4. The van der Waals surface area contributed by atoms with E-state index in [4.69, 9.17) is 23.2 Å². The first-order valence-electron chi connectivity index (χ1n) is 4.86. The molecule has 1 rings (SSSR count). The monoisotopic (exact) mass is 279 g/mol. The van der Waals surface area contributed by atoms with Gasteiger partial charge in [-0.05, 0) is 20.2 Å². The number of halogens is 2. The van der Waals surface area contributed by atoms with Crippen LogP contribution in [0.4, 0.5) is 5.82 Å². The maximum absolute atomic E-state index is 6.06. The summed E-state index contributed by atoms with van der Waals surface area (Å²) in [5.74, 6) is 1.61. The molecule has 1 aromatic heterocycles. The van der Waals surface area contributed by atoms with Crippen molar-refractivity contribution in [1.29, 1.82) is 0 Å². The topological polar surface area (TPSA) is 28.2 Å². The quantitative estimate of drug-likeness (QED) is 0.839. The van der Waals surface area contributed by atoms with Crippen molar-refractivity contribution in [3.8, 4) is 0 Å². The molecule has 0 aliphatic carbocycles. The lowest BCUT2D eigenvalue weighted by Gasteiger charge is -2.10. The molecule has 0 spiro atoms. The predicted molar refractivity (Wildman–Crippen MR) is 73.1 cm³/mol. The molecule has 0 saturated heterocycles. The third-order valence-corrected chi connectivity index (χ3v) is 3.57. The molecule has 1 heterocycles. The van der Waals surface area contributed by atoms with Gasteiger partial charge in [0.1, 0.15) is 10.8 Å². The van der Waals surface area contributed by atoms with Gasteiger partial charge in [0.25, 0.3) is 0 Å². The molecule has 0 fully saturated rings. The Morgan fingerprint density at radius 1 is 1.38 bits per heavy atom. The Hall–Kier alpha value is -0.160. The summed E-state index contributed by atoms with van der Waals surface area (Å²) in [6, 6.07) is 1.72. The van der Waals surface area contributed by atoms with Crippen LogP contribution in [0.2, 0.25) is 10.0 Å². The molecular weight excluding hydrogens is 265 g/mol. The Morgan fingerprint density at radius 2 is 2.06 bits per heavy atom. The highest BCUT2D eigenvalue weighted by atomic mass is 35.5. The van der Waals surface area contributed by atoms with Gasteiger partial charge in [-0.25, -0.2) is 4.98 Å². The summed E-state index contributed by atoms with van der Waals surface area (Å²) in [5, 5.41) is 4.90. The van der Waals surface area contributed by atoms with Crippen LogP contribution in [-0.4, -0.2) is 43.3 Å². The van der Waals surface area contributed by atoms with Crippen LogP contribution < -0.4 is 5.32 Å². The van der Waals surface area contributed by atoms with E-state index in [0.717, 1.165) is 17.3 Å². The third-order valence-electron chi connectivity index (χ3n) is 1.91. The minimum absolute atomic E-state index is 0.546. The zero-order valence-corrected chi connectivity index (χ0v) is 11.9. The minimum Gasteiger partial charge on any atom is -0.372 e. The maximum atomic E-state index is 6.06. The van der Waals surface area contributed by atoms with E-state index in [-0.39, 0.29) is 0 Å². The Kier molecular flexibility index (Phi) is 5.69. The normalized spacial score (nSPS) is 10.9. The van der Waals surface area contributed by atoms with E-state index in [1.165, 1.54) is 0 Å². The van der Waals surface area contributed by atoms with Crippen LogP contribution >= 0.6 is 35.0 Å². The van der Waals surface area contributed by atoms with Gasteiger partial charge in [0, 0.05) is 19.3 Å². The number of rotatable bonds is 5. The van der Waals surface area contributed by atoms with Crippen molar-refractivity contribution in [3.05, 3.63) is 16.1 Å². The van der Waals surface area contributed by atoms with Crippen molar-refractivity contribution in [2.45, 2.75) is 5.03 Å². The average molecular weight is 280 g/mol. The summed E-state index contributed by atoms with van der Waals surface area (Å²) in [6.45, 7) is 0.986. The second-order valence-electron chi connectivity index (χ2n) is 3.51. The van der Waals surface area contributed by atoms with Gasteiger partial charge in [0.05, 0.1) is 10.0 Å². The highest BCUT2D eigenvalue weighted by molar-refractivity contribution is 7.99. The first kappa shape index (κ1) is 13.9. The van der Waals surface area contributed by atoms with Gasteiger partial charge >= 0.3 is 0 Å². The minimum atomic E-state index is 0.546. The van der Waals surface area contributed by atoms with E-state index in [1.807, 2.05) is 14.1 Å². The van der Waals surface area contributed by atoms with Crippen molar-refractivity contribution in [2.24, 2.45) is 0 Å². The van der Waals surface area contributed by atoms with E-state index in [0.29, 0.717) is 15.9 Å². The summed E-state index contributed by atoms with van der Waals surface area (Å²) in [6.07, 6.45) is 0. The average Bonchev–Trinajstić information content (AvgIpc) is 2.20. The van der Waals surface area contributed by atoms with Crippen molar-refractivity contribution in [1.82, 2.24) is 9.88 Å². The second kappa shape index (κ2) is 6.55. The van der Waals surface area contributed by atoms with Gasteiger partial charge < -0.3 is 10.2 Å². The van der Waals surface area contributed by atoms with Crippen LogP contribution in [0.25, 0.3) is 0 Å². The molecule has 1 N–H and O–H groups in total. The second-order valence-corrected chi connectivity index (χ2v) is 5.41. The molecule has 0 aliphatic heterocycles. The van der Waals surface area contributed by atoms with Crippen molar-refractivity contribution < 1.29 is 0 Å². The van der Waals surface area contributed by atoms with Crippen LogP contribution in [-0.2, 0) is 0 Å². The summed E-state index contributed by atoms with van der Waals surface area (Å²) in [5.41, 5.74) is 0. The lowest BCUT2D eigenvalue weighted by Crippen LogP contribution is -2.14. The van der Waals surface area contributed by atoms with E-state index in [1.54, 1.807) is 24.9 Å². The smallest absolute Gasteiger partial charge is 0.145 e. The molecular formula is C10H15Cl2N3S. The van der Waals surface area contributed by atoms with E-state index >= 15 is 0 Å².